The van der Waals surface area contributed by atoms with Crippen molar-refractivity contribution in [1.29, 1.82) is 0 Å². The third-order valence-electron chi connectivity index (χ3n) is 6.05. The first kappa shape index (κ1) is 22.7. The van der Waals surface area contributed by atoms with Crippen LogP contribution >= 0.6 is 0 Å². The number of hydrogen-bond donors (Lipinski definition) is 2. The number of carbonyl (C=O) groups excluding carboxylic acids is 1. The summed E-state index contributed by atoms with van der Waals surface area (Å²) in [6.45, 7) is 1.87. The van der Waals surface area contributed by atoms with Gasteiger partial charge in [-0.25, -0.2) is 14.4 Å². The maximum absolute atomic E-state index is 13.6. The van der Waals surface area contributed by atoms with E-state index in [-0.39, 0.29) is 29.7 Å². The first-order chi connectivity index (χ1) is 16.9. The normalized spacial score (nSPS) is 17.0. The summed E-state index contributed by atoms with van der Waals surface area (Å²) in [6, 6.07) is 7.86. The molecule has 1 aliphatic heterocycles. The first-order valence-corrected chi connectivity index (χ1v) is 11.3. The molecule has 0 unspecified atom stereocenters. The number of pyridine rings is 1. The predicted octanol–water partition coefficient (Wildman–Crippen LogP) is 3.29. The molecule has 3 aromatic rings. The molecule has 0 saturated heterocycles. The number of carbonyl (C=O) groups is 1. The lowest BCUT2D eigenvalue weighted by atomic mass is 10.0. The molecule has 1 amide bonds. The average Bonchev–Trinajstić information content (AvgIpc) is 3.58. The van der Waals surface area contributed by atoms with Crippen molar-refractivity contribution in [3.8, 4) is 5.75 Å². The number of benzene rings is 1. The molecule has 2 N–H and O–H groups in total. The van der Waals surface area contributed by atoms with E-state index >= 15 is 0 Å². The van der Waals surface area contributed by atoms with E-state index in [0.717, 1.165) is 24.0 Å². The highest BCUT2D eigenvalue weighted by atomic mass is 19.1. The third kappa shape index (κ3) is 4.91. The van der Waals surface area contributed by atoms with E-state index in [4.69, 9.17) is 9.57 Å². The Hall–Kier alpha value is -4.08. The molecule has 1 aliphatic carbocycles. The highest BCUT2D eigenvalue weighted by Crippen LogP contribution is 2.39. The zero-order chi connectivity index (χ0) is 24.5. The Morgan fingerprint density at radius 1 is 1.26 bits per heavy atom. The Kier molecular flexibility index (Phi) is 6.02. The maximum atomic E-state index is 13.6. The van der Waals surface area contributed by atoms with Crippen molar-refractivity contribution in [1.82, 2.24) is 20.3 Å². The minimum atomic E-state index is -0.470. The fourth-order valence-electron chi connectivity index (χ4n) is 4.03. The molecule has 0 spiro atoms. The summed E-state index contributed by atoms with van der Waals surface area (Å²) in [5, 5.41) is 6.97. The van der Waals surface area contributed by atoms with Crippen LogP contribution in [0, 0.1) is 12.7 Å². The van der Waals surface area contributed by atoms with Gasteiger partial charge in [-0.05, 0) is 55.5 Å². The second-order valence-corrected chi connectivity index (χ2v) is 8.67. The molecule has 1 saturated carbocycles. The number of oxime groups is 1. The van der Waals surface area contributed by atoms with Gasteiger partial charge in [-0.2, -0.15) is 0 Å². The van der Waals surface area contributed by atoms with Gasteiger partial charge in [0.2, 0.25) is 0 Å². The van der Waals surface area contributed by atoms with Crippen molar-refractivity contribution >= 4 is 11.6 Å². The van der Waals surface area contributed by atoms with Crippen LogP contribution in [0.3, 0.4) is 0 Å². The molecular formula is C25H24FN5O4. The van der Waals surface area contributed by atoms with E-state index < -0.39 is 11.7 Å². The molecule has 10 heteroatoms. The number of aryl methyl sites for hydroxylation is 1. The monoisotopic (exact) mass is 477 g/mol. The number of methoxy groups -OCH3 is 1. The van der Waals surface area contributed by atoms with Crippen molar-refractivity contribution in [3.05, 3.63) is 86.6 Å². The van der Waals surface area contributed by atoms with Gasteiger partial charge in [0.15, 0.2) is 17.7 Å². The molecule has 3 heterocycles. The van der Waals surface area contributed by atoms with Crippen LogP contribution in [0.15, 0.2) is 46.5 Å². The van der Waals surface area contributed by atoms with Gasteiger partial charge in [0.05, 0.1) is 12.8 Å². The lowest BCUT2D eigenvalue weighted by Gasteiger charge is -2.10. The van der Waals surface area contributed by atoms with Crippen LogP contribution in [-0.2, 0) is 11.4 Å². The van der Waals surface area contributed by atoms with Gasteiger partial charge < -0.3 is 19.9 Å². The number of halogens is 1. The molecule has 180 valence electrons. The molecular weight excluding hydrogens is 453 g/mol. The Bertz CT molecular complexity index is 1380. The summed E-state index contributed by atoms with van der Waals surface area (Å²) in [6.07, 6.45) is 3.81. The van der Waals surface area contributed by atoms with E-state index in [2.05, 4.69) is 25.4 Å². The Balaban J connectivity index is 1.28. The quantitative estimate of drug-likeness (QED) is 0.539. The minimum absolute atomic E-state index is 0.0588. The number of aromatic nitrogens is 3. The molecule has 0 radical (unpaired) electrons. The van der Waals surface area contributed by atoms with E-state index in [1.807, 2.05) is 6.07 Å². The number of rotatable bonds is 7. The molecule has 5 rings (SSSR count). The molecule has 1 fully saturated rings. The topological polar surface area (TPSA) is 119 Å². The van der Waals surface area contributed by atoms with Crippen molar-refractivity contribution in [2.45, 2.75) is 44.8 Å². The van der Waals surface area contributed by atoms with Gasteiger partial charge >= 0.3 is 0 Å². The Labute approximate surface area is 200 Å². The van der Waals surface area contributed by atoms with Gasteiger partial charge in [0, 0.05) is 30.3 Å². The van der Waals surface area contributed by atoms with Crippen LogP contribution in [0.2, 0.25) is 0 Å². The highest BCUT2D eigenvalue weighted by molar-refractivity contribution is 6.02. The summed E-state index contributed by atoms with van der Waals surface area (Å²) < 4.78 is 18.6. The number of ether oxygens (including phenoxy) is 1. The molecule has 0 bridgehead atoms. The van der Waals surface area contributed by atoms with Gasteiger partial charge in [-0.3, -0.25) is 9.59 Å². The second kappa shape index (κ2) is 9.28. The fraction of sp³-hybridized carbons (Fsp3) is 0.320. The summed E-state index contributed by atoms with van der Waals surface area (Å²) in [5.41, 5.74) is 3.55. The largest absolute Gasteiger partial charge is 0.494 e. The Morgan fingerprint density at radius 2 is 2.09 bits per heavy atom. The lowest BCUT2D eigenvalue weighted by Crippen LogP contribution is -2.25. The summed E-state index contributed by atoms with van der Waals surface area (Å²) in [7, 11) is 1.38. The van der Waals surface area contributed by atoms with Crippen LogP contribution in [-0.4, -0.2) is 33.7 Å². The molecule has 2 aromatic heterocycles. The van der Waals surface area contributed by atoms with E-state index in [1.165, 1.54) is 19.2 Å². The molecule has 1 atom stereocenters. The number of nitrogens with zero attached hydrogens (tertiary/aromatic N) is 3. The average molecular weight is 477 g/mol. The zero-order valence-electron chi connectivity index (χ0n) is 19.3. The van der Waals surface area contributed by atoms with Crippen molar-refractivity contribution in [3.63, 3.8) is 0 Å². The SMILES string of the molecule is COc1cc(CNC(=O)c2cc(C3=NO[C@@H](c4c[nH]c(=O)c(C5CC5)c4)C3)nc(C)n2)ccc1F. The van der Waals surface area contributed by atoms with Crippen LogP contribution < -0.4 is 15.6 Å². The highest BCUT2D eigenvalue weighted by Gasteiger charge is 2.30. The van der Waals surface area contributed by atoms with Crippen molar-refractivity contribution in [2.24, 2.45) is 5.16 Å². The Morgan fingerprint density at radius 3 is 2.86 bits per heavy atom. The van der Waals surface area contributed by atoms with E-state index in [1.54, 1.807) is 25.3 Å². The number of hydrogen-bond acceptors (Lipinski definition) is 7. The molecule has 35 heavy (non-hydrogen) atoms. The van der Waals surface area contributed by atoms with Crippen LogP contribution in [0.1, 0.15) is 70.0 Å². The third-order valence-corrected chi connectivity index (χ3v) is 6.05. The van der Waals surface area contributed by atoms with Gasteiger partial charge in [0.25, 0.3) is 11.5 Å². The molecule has 9 nitrogen and oxygen atoms in total. The summed E-state index contributed by atoms with van der Waals surface area (Å²) in [4.78, 5) is 42.0. The van der Waals surface area contributed by atoms with Gasteiger partial charge in [-0.1, -0.05) is 11.2 Å². The van der Waals surface area contributed by atoms with Gasteiger partial charge in [0.1, 0.15) is 17.2 Å². The number of H-pyrrole nitrogens is 1. The van der Waals surface area contributed by atoms with E-state index in [0.29, 0.717) is 35.1 Å². The number of aromatic amines is 1. The van der Waals surface area contributed by atoms with Crippen molar-refractivity contribution < 1.29 is 18.8 Å². The van der Waals surface area contributed by atoms with Crippen molar-refractivity contribution in [2.75, 3.05) is 7.11 Å². The molecule has 2 aliphatic rings. The summed E-state index contributed by atoms with van der Waals surface area (Å²) in [5.74, 6) is -0.0187. The van der Waals surface area contributed by atoms with Gasteiger partial charge in [-0.15, -0.1) is 0 Å². The molecule has 1 aromatic carbocycles. The summed E-state index contributed by atoms with van der Waals surface area (Å²) >= 11 is 0. The number of amides is 1. The standard InChI is InChI=1S/C25H24FN5O4/c1-13-29-19(9-21(30-13)25(33)27-11-14-3-6-18(26)23(7-14)34-2)20-10-22(35-31-20)16-8-17(15-4-5-15)24(32)28-12-16/h3,6-9,12,15,22H,4-5,10-11H2,1-2H3,(H,27,33)(H,28,32)/t22-/m1/s1. The maximum Gasteiger partial charge on any atom is 0.270 e. The number of nitrogens with one attached hydrogen (secondary N) is 2. The second-order valence-electron chi connectivity index (χ2n) is 8.67. The van der Waals surface area contributed by atoms with Crippen LogP contribution in [0.5, 0.6) is 5.75 Å². The smallest absolute Gasteiger partial charge is 0.270 e. The fourth-order valence-corrected chi connectivity index (χ4v) is 4.03. The zero-order valence-corrected chi connectivity index (χ0v) is 19.3. The lowest BCUT2D eigenvalue weighted by molar-refractivity contribution is 0.0854. The minimum Gasteiger partial charge on any atom is -0.494 e. The van der Waals surface area contributed by atoms with Crippen LogP contribution in [0.25, 0.3) is 0 Å². The van der Waals surface area contributed by atoms with E-state index in [9.17, 15) is 14.0 Å². The van der Waals surface area contributed by atoms with Crippen LogP contribution in [0.4, 0.5) is 4.39 Å². The predicted molar refractivity (Wildman–Crippen MR) is 125 cm³/mol. The first-order valence-electron chi connectivity index (χ1n) is 11.3.